The summed E-state index contributed by atoms with van der Waals surface area (Å²) in [4.78, 5) is 15.0. The zero-order valence-electron chi connectivity index (χ0n) is 14.3. The quantitative estimate of drug-likeness (QED) is 0.585. The molecule has 0 aliphatic heterocycles. The monoisotopic (exact) mass is 440 g/mol. The molecule has 29 heavy (non-hydrogen) atoms. The van der Waals surface area contributed by atoms with Crippen molar-refractivity contribution in [3.05, 3.63) is 52.2 Å². The number of sulfone groups is 1. The van der Waals surface area contributed by atoms with Crippen LogP contribution in [-0.2, 0) is 22.2 Å². The molecule has 0 unspecified atom stereocenters. The van der Waals surface area contributed by atoms with Crippen LogP contribution in [0.2, 0.25) is 0 Å². The number of halogens is 6. The fourth-order valence-electron chi connectivity index (χ4n) is 2.42. The molecule has 0 aromatic carbocycles. The van der Waals surface area contributed by atoms with E-state index in [0.29, 0.717) is 33.5 Å². The Morgan fingerprint density at radius 3 is 2.21 bits per heavy atom. The molecule has 7 nitrogen and oxygen atoms in total. The van der Waals surface area contributed by atoms with E-state index in [2.05, 4.69) is 10.1 Å². The molecule has 0 fully saturated rings. The van der Waals surface area contributed by atoms with E-state index in [4.69, 9.17) is 0 Å². The fourth-order valence-corrected chi connectivity index (χ4v) is 3.46. The third-order valence-electron chi connectivity index (χ3n) is 3.93. The number of rotatable bonds is 3. The minimum Gasteiger partial charge on any atom is -0.250 e. The molecule has 0 saturated carbocycles. The van der Waals surface area contributed by atoms with E-state index in [1.54, 1.807) is 0 Å². The van der Waals surface area contributed by atoms with Crippen molar-refractivity contribution in [2.45, 2.75) is 24.2 Å². The van der Waals surface area contributed by atoms with Gasteiger partial charge in [-0.3, -0.25) is 0 Å². The molecular weight excluding hydrogens is 430 g/mol. The average molecular weight is 440 g/mol. The molecule has 0 radical (unpaired) electrons. The summed E-state index contributed by atoms with van der Waals surface area (Å²) < 4.78 is 103. The first-order valence-corrected chi connectivity index (χ1v) is 9.40. The summed E-state index contributed by atoms with van der Waals surface area (Å²) in [6, 6.07) is 1.44. The molecule has 0 saturated heterocycles. The minimum absolute atomic E-state index is 0.304. The second kappa shape index (κ2) is 6.57. The van der Waals surface area contributed by atoms with Crippen LogP contribution in [0.1, 0.15) is 18.1 Å². The molecule has 0 spiro atoms. The van der Waals surface area contributed by atoms with Crippen LogP contribution in [-0.4, -0.2) is 33.3 Å². The van der Waals surface area contributed by atoms with Gasteiger partial charge in [-0.2, -0.15) is 31.0 Å². The summed E-state index contributed by atoms with van der Waals surface area (Å²) in [5.41, 5.74) is -4.09. The number of pyridine rings is 2. The second-order valence-electron chi connectivity index (χ2n) is 5.78. The molecule has 0 amide bonds. The van der Waals surface area contributed by atoms with Gasteiger partial charge >= 0.3 is 18.0 Å². The topological polar surface area (TPSA) is 86.3 Å². The maximum absolute atomic E-state index is 13.0. The molecule has 0 atom stereocenters. The van der Waals surface area contributed by atoms with Crippen LogP contribution in [0.5, 0.6) is 0 Å². The SMILES string of the molecule is CCS(=O)(=O)c1cc(C(F)(F)F)cnc1-n1nc2cc(C(F)(F)F)ccn2c1=O. The molecule has 3 heterocycles. The van der Waals surface area contributed by atoms with Crippen molar-refractivity contribution in [1.29, 1.82) is 0 Å². The van der Waals surface area contributed by atoms with Gasteiger partial charge in [0.2, 0.25) is 0 Å². The Kier molecular flexibility index (Phi) is 4.72. The normalized spacial score (nSPS) is 13.2. The Labute approximate surface area is 158 Å². The first-order valence-electron chi connectivity index (χ1n) is 7.74. The molecule has 3 aromatic rings. The van der Waals surface area contributed by atoms with Crippen molar-refractivity contribution in [2.75, 3.05) is 5.75 Å². The smallest absolute Gasteiger partial charge is 0.250 e. The van der Waals surface area contributed by atoms with Crippen LogP contribution in [0.25, 0.3) is 11.5 Å². The van der Waals surface area contributed by atoms with E-state index in [0.717, 1.165) is 6.20 Å². The van der Waals surface area contributed by atoms with Crippen LogP contribution in [0.4, 0.5) is 26.3 Å². The van der Waals surface area contributed by atoms with Gasteiger partial charge in [-0.25, -0.2) is 22.6 Å². The summed E-state index contributed by atoms with van der Waals surface area (Å²) in [5.74, 6) is -1.36. The van der Waals surface area contributed by atoms with Gasteiger partial charge in [0.1, 0.15) is 4.90 Å². The predicted octanol–water partition coefficient (Wildman–Crippen LogP) is 2.71. The van der Waals surface area contributed by atoms with Crippen LogP contribution in [0, 0.1) is 0 Å². The summed E-state index contributed by atoms with van der Waals surface area (Å²) in [6.45, 7) is 1.17. The lowest BCUT2D eigenvalue weighted by atomic mass is 10.2. The van der Waals surface area contributed by atoms with Gasteiger partial charge in [-0.05, 0) is 18.2 Å². The Morgan fingerprint density at radius 1 is 1.03 bits per heavy atom. The molecule has 0 aliphatic rings. The molecule has 0 aliphatic carbocycles. The lowest BCUT2D eigenvalue weighted by molar-refractivity contribution is -0.138. The van der Waals surface area contributed by atoms with Crippen LogP contribution < -0.4 is 5.69 Å². The predicted molar refractivity (Wildman–Crippen MR) is 86.3 cm³/mol. The maximum Gasteiger partial charge on any atom is 0.417 e. The van der Waals surface area contributed by atoms with E-state index >= 15 is 0 Å². The molecule has 156 valence electrons. The van der Waals surface area contributed by atoms with Gasteiger partial charge in [0.15, 0.2) is 21.3 Å². The van der Waals surface area contributed by atoms with Crippen LogP contribution >= 0.6 is 0 Å². The van der Waals surface area contributed by atoms with E-state index < -0.39 is 61.1 Å². The van der Waals surface area contributed by atoms with Gasteiger partial charge < -0.3 is 0 Å². The maximum atomic E-state index is 13.0. The van der Waals surface area contributed by atoms with Crippen molar-refractivity contribution >= 4 is 15.5 Å². The third-order valence-corrected chi connectivity index (χ3v) is 5.66. The second-order valence-corrected chi connectivity index (χ2v) is 8.03. The molecule has 3 aromatic heterocycles. The fraction of sp³-hybridized carbons (Fsp3) is 0.267. The Morgan fingerprint density at radius 2 is 1.66 bits per heavy atom. The summed E-state index contributed by atoms with van der Waals surface area (Å²) in [6.07, 6.45) is -8.57. The Balaban J connectivity index is 2.32. The van der Waals surface area contributed by atoms with Gasteiger partial charge in [0.05, 0.1) is 16.9 Å². The molecular formula is C15H10F6N4O3S. The van der Waals surface area contributed by atoms with Crippen molar-refractivity contribution in [1.82, 2.24) is 19.2 Å². The van der Waals surface area contributed by atoms with Gasteiger partial charge in [-0.1, -0.05) is 6.92 Å². The van der Waals surface area contributed by atoms with Crippen LogP contribution in [0.15, 0.2) is 40.3 Å². The lowest BCUT2D eigenvalue weighted by Gasteiger charge is -2.11. The highest BCUT2D eigenvalue weighted by atomic mass is 32.2. The number of fused-ring (bicyclic) bond motifs is 1. The summed E-state index contributed by atoms with van der Waals surface area (Å²) in [5, 5.41) is 3.62. The minimum atomic E-state index is -4.91. The molecule has 0 bridgehead atoms. The Bertz CT molecular complexity index is 1260. The van der Waals surface area contributed by atoms with E-state index in [-0.39, 0.29) is 0 Å². The summed E-state index contributed by atoms with van der Waals surface area (Å²) >= 11 is 0. The first kappa shape index (κ1) is 20.8. The molecule has 14 heteroatoms. The third kappa shape index (κ3) is 3.71. The highest BCUT2D eigenvalue weighted by Gasteiger charge is 2.35. The van der Waals surface area contributed by atoms with Crippen molar-refractivity contribution in [3.63, 3.8) is 0 Å². The number of alkyl halides is 6. The average Bonchev–Trinajstić information content (AvgIpc) is 2.96. The van der Waals surface area contributed by atoms with Gasteiger partial charge in [0.25, 0.3) is 0 Å². The van der Waals surface area contributed by atoms with E-state index in [1.165, 1.54) is 6.92 Å². The van der Waals surface area contributed by atoms with Gasteiger partial charge in [0, 0.05) is 12.4 Å². The standard InChI is InChI=1S/C15H10F6N4O3S/c1-2-29(27,28)10-5-9(15(19,20)21)7-22-12(10)25-13(26)24-4-3-8(14(16,17)18)6-11(24)23-25/h3-7H,2H2,1H3. The highest BCUT2D eigenvalue weighted by molar-refractivity contribution is 7.91. The summed E-state index contributed by atoms with van der Waals surface area (Å²) in [7, 11) is -4.30. The van der Waals surface area contributed by atoms with Crippen molar-refractivity contribution in [3.8, 4) is 5.82 Å². The van der Waals surface area contributed by atoms with Crippen molar-refractivity contribution in [2.24, 2.45) is 0 Å². The largest absolute Gasteiger partial charge is 0.417 e. The van der Waals surface area contributed by atoms with E-state index in [9.17, 15) is 39.6 Å². The van der Waals surface area contributed by atoms with E-state index in [1.807, 2.05) is 0 Å². The highest BCUT2D eigenvalue weighted by Crippen LogP contribution is 2.32. The zero-order valence-corrected chi connectivity index (χ0v) is 15.1. The number of nitrogens with zero attached hydrogens (tertiary/aromatic N) is 4. The number of aromatic nitrogens is 4. The lowest BCUT2D eigenvalue weighted by Crippen LogP contribution is -2.24. The zero-order chi connectivity index (χ0) is 21.8. The first-order chi connectivity index (χ1) is 13.3. The molecule has 0 N–H and O–H groups in total. The number of hydrogen-bond donors (Lipinski definition) is 0. The Hall–Kier alpha value is -2.90. The molecule has 3 rings (SSSR count). The van der Waals surface area contributed by atoms with Crippen molar-refractivity contribution < 1.29 is 34.8 Å². The van der Waals surface area contributed by atoms with Gasteiger partial charge in [-0.15, -0.1) is 5.10 Å². The van der Waals surface area contributed by atoms with Crippen LogP contribution in [0.3, 0.4) is 0 Å². The number of hydrogen-bond acceptors (Lipinski definition) is 5.